The van der Waals surface area contributed by atoms with E-state index in [-0.39, 0.29) is 11.1 Å². The summed E-state index contributed by atoms with van der Waals surface area (Å²) in [6.07, 6.45) is 0. The lowest BCUT2D eigenvalue weighted by Gasteiger charge is -2.13. The zero-order chi connectivity index (χ0) is 15.2. The molecule has 2 heterocycles. The van der Waals surface area contributed by atoms with Crippen molar-refractivity contribution < 1.29 is 9.90 Å². The summed E-state index contributed by atoms with van der Waals surface area (Å²) in [5, 5.41) is 16.6. The number of benzene rings is 1. The smallest absolute Gasteiger partial charge is 0.353 e. The highest BCUT2D eigenvalue weighted by molar-refractivity contribution is 7.18. The molecule has 1 aromatic carbocycles. The van der Waals surface area contributed by atoms with E-state index in [1.54, 1.807) is 11.3 Å². The van der Waals surface area contributed by atoms with Crippen LogP contribution >= 0.6 is 11.3 Å². The fourth-order valence-corrected chi connectivity index (χ4v) is 2.99. The maximum absolute atomic E-state index is 10.9. The third-order valence-corrected chi connectivity index (χ3v) is 4.60. The molecule has 21 heavy (non-hydrogen) atoms. The van der Waals surface area contributed by atoms with Crippen LogP contribution in [-0.4, -0.2) is 26.3 Å². The van der Waals surface area contributed by atoms with Gasteiger partial charge in [0, 0.05) is 11.0 Å². The maximum Gasteiger partial charge on any atom is 0.353 e. The maximum atomic E-state index is 10.9. The van der Waals surface area contributed by atoms with Crippen LogP contribution in [0.1, 0.15) is 36.3 Å². The van der Waals surface area contributed by atoms with Gasteiger partial charge in [-0.05, 0) is 18.2 Å². The Morgan fingerprint density at radius 2 is 2.05 bits per heavy atom. The minimum absolute atomic E-state index is 0.0205. The molecule has 0 spiro atoms. The lowest BCUT2D eigenvalue weighted by Crippen LogP contribution is -2.09. The van der Waals surface area contributed by atoms with Crippen LogP contribution in [0.4, 0.5) is 0 Å². The van der Waals surface area contributed by atoms with Gasteiger partial charge in [0.25, 0.3) is 0 Å². The van der Waals surface area contributed by atoms with E-state index in [9.17, 15) is 4.79 Å². The zero-order valence-electron chi connectivity index (χ0n) is 12.0. The summed E-state index contributed by atoms with van der Waals surface area (Å²) in [7, 11) is 0. The Morgan fingerprint density at radius 1 is 1.29 bits per heavy atom. The summed E-state index contributed by atoms with van der Waals surface area (Å²) < 4.78 is 1.12. The van der Waals surface area contributed by atoms with E-state index in [0.29, 0.717) is 5.69 Å². The van der Waals surface area contributed by atoms with Gasteiger partial charge < -0.3 is 5.11 Å². The van der Waals surface area contributed by atoms with E-state index in [2.05, 4.69) is 36.0 Å². The number of carbonyl (C=O) groups is 1. The summed E-state index contributed by atoms with van der Waals surface area (Å²) in [5.41, 5.74) is 2.49. The van der Waals surface area contributed by atoms with Crippen molar-refractivity contribution in [2.24, 2.45) is 0 Å². The van der Waals surface area contributed by atoms with E-state index in [0.717, 1.165) is 20.8 Å². The van der Waals surface area contributed by atoms with Gasteiger partial charge in [-0.15, -0.1) is 11.3 Å². The molecule has 0 saturated heterocycles. The SMILES string of the molecule is CC(C)(C)c1nc2cc(-c3cc(C(=O)O)[nH]n3)ccc2s1. The number of aromatic nitrogens is 3. The van der Waals surface area contributed by atoms with Crippen LogP contribution in [0.3, 0.4) is 0 Å². The number of carboxylic acid groups (broad SMARTS) is 1. The largest absolute Gasteiger partial charge is 0.477 e. The van der Waals surface area contributed by atoms with Crippen LogP contribution < -0.4 is 0 Å². The number of fused-ring (bicyclic) bond motifs is 1. The Hall–Kier alpha value is -2.21. The number of carboxylic acids is 1. The number of thiazole rings is 1. The second-order valence-electron chi connectivity index (χ2n) is 5.92. The highest BCUT2D eigenvalue weighted by atomic mass is 32.1. The monoisotopic (exact) mass is 301 g/mol. The summed E-state index contributed by atoms with van der Waals surface area (Å²) in [6, 6.07) is 7.42. The van der Waals surface area contributed by atoms with Crippen molar-refractivity contribution in [2.45, 2.75) is 26.2 Å². The molecule has 3 rings (SSSR count). The van der Waals surface area contributed by atoms with Gasteiger partial charge in [0.2, 0.25) is 0 Å². The Balaban J connectivity index is 2.05. The second kappa shape index (κ2) is 4.66. The molecular formula is C15H15N3O2S. The number of hydrogen-bond acceptors (Lipinski definition) is 4. The summed E-state index contributed by atoms with van der Waals surface area (Å²) in [4.78, 5) is 15.6. The van der Waals surface area contributed by atoms with Gasteiger partial charge in [-0.3, -0.25) is 5.10 Å². The number of aromatic amines is 1. The fourth-order valence-electron chi connectivity index (χ4n) is 1.99. The quantitative estimate of drug-likeness (QED) is 0.756. The average Bonchev–Trinajstić information content (AvgIpc) is 3.04. The molecule has 3 aromatic rings. The summed E-state index contributed by atoms with van der Waals surface area (Å²) in [5.74, 6) is -1.02. The molecule has 0 saturated carbocycles. The molecular weight excluding hydrogens is 286 g/mol. The molecule has 0 aliphatic heterocycles. The van der Waals surface area contributed by atoms with Crippen LogP contribution in [0.5, 0.6) is 0 Å². The number of hydrogen-bond donors (Lipinski definition) is 2. The number of nitrogens with one attached hydrogen (secondary N) is 1. The van der Waals surface area contributed by atoms with E-state index in [4.69, 9.17) is 5.11 Å². The van der Waals surface area contributed by atoms with E-state index >= 15 is 0 Å². The minimum atomic E-state index is -1.02. The molecule has 0 fully saturated rings. The molecule has 2 N–H and O–H groups in total. The number of H-pyrrole nitrogens is 1. The third-order valence-electron chi connectivity index (χ3n) is 3.13. The predicted octanol–water partition coefficient (Wildman–Crippen LogP) is 3.68. The highest BCUT2D eigenvalue weighted by Crippen LogP contribution is 2.33. The normalized spacial score (nSPS) is 12.0. The van der Waals surface area contributed by atoms with Crippen molar-refractivity contribution in [1.29, 1.82) is 0 Å². The fraction of sp³-hybridized carbons (Fsp3) is 0.267. The van der Waals surface area contributed by atoms with Gasteiger partial charge in [-0.25, -0.2) is 9.78 Å². The molecule has 0 radical (unpaired) electrons. The molecule has 0 aliphatic rings. The van der Waals surface area contributed by atoms with E-state index in [1.807, 2.05) is 18.2 Å². The molecule has 2 aromatic heterocycles. The average molecular weight is 301 g/mol. The first-order valence-electron chi connectivity index (χ1n) is 6.55. The molecule has 108 valence electrons. The Kier molecular flexibility index (Phi) is 3.06. The Bertz CT molecular complexity index is 827. The first-order chi connectivity index (χ1) is 9.84. The minimum Gasteiger partial charge on any atom is -0.477 e. The van der Waals surface area contributed by atoms with Crippen LogP contribution in [0.15, 0.2) is 24.3 Å². The van der Waals surface area contributed by atoms with Crippen molar-refractivity contribution in [1.82, 2.24) is 15.2 Å². The van der Waals surface area contributed by atoms with Gasteiger partial charge >= 0.3 is 5.97 Å². The molecule has 0 aliphatic carbocycles. The standard InChI is InChI=1S/C15H15N3O2S/c1-15(2,3)14-16-10-6-8(4-5-12(10)21-14)9-7-11(13(19)20)18-17-9/h4-7H,1-3H3,(H,17,18)(H,19,20). The number of rotatable bonds is 2. The third kappa shape index (κ3) is 2.54. The second-order valence-corrected chi connectivity index (χ2v) is 6.95. The molecule has 6 heteroatoms. The van der Waals surface area contributed by atoms with Crippen LogP contribution in [0, 0.1) is 0 Å². The zero-order valence-corrected chi connectivity index (χ0v) is 12.8. The number of aromatic carboxylic acids is 1. The van der Waals surface area contributed by atoms with Crippen LogP contribution in [0.2, 0.25) is 0 Å². The van der Waals surface area contributed by atoms with Crippen molar-refractivity contribution in [3.63, 3.8) is 0 Å². The van der Waals surface area contributed by atoms with Crippen LogP contribution in [0.25, 0.3) is 21.5 Å². The highest BCUT2D eigenvalue weighted by Gasteiger charge is 2.19. The van der Waals surface area contributed by atoms with Crippen LogP contribution in [-0.2, 0) is 5.41 Å². The molecule has 0 unspecified atom stereocenters. The Labute approximate surface area is 125 Å². The topological polar surface area (TPSA) is 78.9 Å². The molecule has 0 bridgehead atoms. The van der Waals surface area contributed by atoms with Gasteiger partial charge in [-0.1, -0.05) is 26.8 Å². The summed E-state index contributed by atoms with van der Waals surface area (Å²) in [6.45, 7) is 6.41. The molecule has 5 nitrogen and oxygen atoms in total. The molecule has 0 atom stereocenters. The van der Waals surface area contributed by atoms with Gasteiger partial charge in [0.15, 0.2) is 0 Å². The Morgan fingerprint density at radius 3 is 2.67 bits per heavy atom. The van der Waals surface area contributed by atoms with Crippen molar-refractivity contribution in [3.05, 3.63) is 35.0 Å². The van der Waals surface area contributed by atoms with E-state index < -0.39 is 5.97 Å². The predicted molar refractivity (Wildman–Crippen MR) is 82.9 cm³/mol. The van der Waals surface area contributed by atoms with Gasteiger partial charge in [0.05, 0.1) is 20.9 Å². The first kappa shape index (κ1) is 13.8. The lowest BCUT2D eigenvalue weighted by atomic mass is 9.98. The van der Waals surface area contributed by atoms with Crippen molar-refractivity contribution in [2.75, 3.05) is 0 Å². The van der Waals surface area contributed by atoms with Crippen molar-refractivity contribution >= 4 is 27.5 Å². The summed E-state index contributed by atoms with van der Waals surface area (Å²) >= 11 is 1.68. The van der Waals surface area contributed by atoms with E-state index in [1.165, 1.54) is 6.07 Å². The van der Waals surface area contributed by atoms with Gasteiger partial charge in [-0.2, -0.15) is 5.10 Å². The first-order valence-corrected chi connectivity index (χ1v) is 7.36. The molecule has 0 amide bonds. The van der Waals surface area contributed by atoms with Gasteiger partial charge in [0.1, 0.15) is 5.69 Å². The number of nitrogens with zero attached hydrogens (tertiary/aromatic N) is 2. The van der Waals surface area contributed by atoms with Crippen molar-refractivity contribution in [3.8, 4) is 11.3 Å². The lowest BCUT2D eigenvalue weighted by molar-refractivity contribution is 0.0690.